The topological polar surface area (TPSA) is 93.1 Å². The lowest BCUT2D eigenvalue weighted by molar-refractivity contribution is -0.161. The van der Waals surface area contributed by atoms with Gasteiger partial charge in [-0.05, 0) is 64.7 Å². The Morgan fingerprint density at radius 3 is 1.64 bits per heavy atom. The predicted molar refractivity (Wildman–Crippen MR) is 174 cm³/mol. The molecule has 0 saturated carbocycles. The van der Waals surface area contributed by atoms with E-state index in [1.165, 1.54) is 44.9 Å². The second-order valence-electron chi connectivity index (χ2n) is 11.2. The summed E-state index contributed by atoms with van der Waals surface area (Å²) in [6.07, 6.45) is 35.9. The lowest BCUT2D eigenvalue weighted by Crippen LogP contribution is -2.28. The van der Waals surface area contributed by atoms with Crippen molar-refractivity contribution >= 4 is 11.9 Å². The van der Waals surface area contributed by atoms with Gasteiger partial charge in [-0.25, -0.2) is 0 Å². The van der Waals surface area contributed by atoms with E-state index in [4.69, 9.17) is 9.47 Å². The van der Waals surface area contributed by atoms with Gasteiger partial charge in [-0.1, -0.05) is 113 Å². The molecule has 6 heteroatoms. The van der Waals surface area contributed by atoms with Crippen molar-refractivity contribution in [2.45, 2.75) is 154 Å². The van der Waals surface area contributed by atoms with Crippen molar-refractivity contribution in [3.63, 3.8) is 0 Å². The van der Waals surface area contributed by atoms with Gasteiger partial charge in [0.15, 0.2) is 6.10 Å². The fourth-order valence-corrected chi connectivity index (χ4v) is 4.33. The van der Waals surface area contributed by atoms with Crippen LogP contribution in [0, 0.1) is 0 Å². The number of carbonyl (C=O) groups excluding carboxylic acids is 2. The number of aliphatic hydroxyl groups excluding tert-OH is 2. The molecule has 0 aromatic heterocycles. The van der Waals surface area contributed by atoms with Crippen LogP contribution in [0.4, 0.5) is 0 Å². The van der Waals surface area contributed by atoms with Gasteiger partial charge in [0.1, 0.15) is 6.61 Å². The van der Waals surface area contributed by atoms with Gasteiger partial charge in [0, 0.05) is 12.8 Å². The monoisotopic (exact) mass is 590 g/mol. The largest absolute Gasteiger partial charge is 0.462 e. The van der Waals surface area contributed by atoms with Crippen LogP contribution in [-0.4, -0.2) is 47.6 Å². The highest BCUT2D eigenvalue weighted by Crippen LogP contribution is 2.12. The van der Waals surface area contributed by atoms with Crippen LogP contribution in [0.2, 0.25) is 0 Å². The minimum Gasteiger partial charge on any atom is -0.462 e. The molecular formula is C36H62O6. The van der Waals surface area contributed by atoms with E-state index in [2.05, 4.69) is 55.5 Å². The van der Waals surface area contributed by atoms with Gasteiger partial charge >= 0.3 is 11.9 Å². The van der Waals surface area contributed by atoms with Crippen LogP contribution in [0.1, 0.15) is 142 Å². The molecule has 0 aliphatic carbocycles. The molecule has 0 heterocycles. The summed E-state index contributed by atoms with van der Waals surface area (Å²) in [5, 5.41) is 18.7. The van der Waals surface area contributed by atoms with Crippen molar-refractivity contribution in [2.75, 3.05) is 13.2 Å². The second-order valence-corrected chi connectivity index (χ2v) is 11.2. The third-order valence-corrected chi connectivity index (χ3v) is 6.89. The maximum absolute atomic E-state index is 12.1. The normalized spacial score (nSPS) is 13.5. The summed E-state index contributed by atoms with van der Waals surface area (Å²) < 4.78 is 10.5. The molecule has 0 rings (SSSR count). The Bertz CT molecular complexity index is 737. The van der Waals surface area contributed by atoms with Crippen LogP contribution in [0.25, 0.3) is 0 Å². The Hall–Kier alpha value is -2.18. The highest BCUT2D eigenvalue weighted by Gasteiger charge is 2.15. The molecule has 2 atom stereocenters. The molecule has 0 saturated heterocycles. The number of hydrogen-bond donors (Lipinski definition) is 2. The zero-order valence-electron chi connectivity index (χ0n) is 26.9. The molecule has 242 valence electrons. The van der Waals surface area contributed by atoms with Crippen LogP contribution in [0.15, 0.2) is 48.6 Å². The van der Waals surface area contributed by atoms with E-state index in [9.17, 15) is 19.8 Å². The molecule has 2 N–H and O–H groups in total. The van der Waals surface area contributed by atoms with Gasteiger partial charge < -0.3 is 19.7 Å². The summed E-state index contributed by atoms with van der Waals surface area (Å²) in [6, 6.07) is 0. The van der Waals surface area contributed by atoms with Crippen molar-refractivity contribution in [2.24, 2.45) is 0 Å². The molecule has 0 radical (unpaired) electrons. The fraction of sp³-hybridized carbons (Fsp3) is 0.722. The first-order valence-corrected chi connectivity index (χ1v) is 16.7. The molecule has 0 unspecified atom stereocenters. The number of allylic oxidation sites excluding steroid dienone is 8. The Morgan fingerprint density at radius 1 is 0.643 bits per heavy atom. The van der Waals surface area contributed by atoms with Crippen LogP contribution in [0.5, 0.6) is 0 Å². The summed E-state index contributed by atoms with van der Waals surface area (Å²) in [5.41, 5.74) is 0. The molecule has 6 nitrogen and oxygen atoms in total. The minimum absolute atomic E-state index is 0.0955. The minimum atomic E-state index is -0.805. The van der Waals surface area contributed by atoms with E-state index < -0.39 is 6.10 Å². The smallest absolute Gasteiger partial charge is 0.306 e. The molecule has 0 fully saturated rings. The van der Waals surface area contributed by atoms with E-state index in [0.29, 0.717) is 12.8 Å². The number of ether oxygens (including phenoxy) is 2. The number of carbonyl (C=O) groups is 2. The SMILES string of the molecule is CCCCCCCCCCCCC(=O)OC[C@H](CO)OC(=O)CCC/C=C\C/C=C\C/C=C\C/C=C\CCC[C@H](C)O. The molecule has 0 aromatic carbocycles. The number of aliphatic hydroxyl groups is 2. The number of esters is 2. The highest BCUT2D eigenvalue weighted by atomic mass is 16.6. The first-order valence-electron chi connectivity index (χ1n) is 16.7. The Labute approximate surface area is 257 Å². The van der Waals surface area contributed by atoms with Crippen molar-refractivity contribution in [1.82, 2.24) is 0 Å². The van der Waals surface area contributed by atoms with Gasteiger partial charge in [-0.2, -0.15) is 0 Å². The molecular weight excluding hydrogens is 528 g/mol. The summed E-state index contributed by atoms with van der Waals surface area (Å²) >= 11 is 0. The third-order valence-electron chi connectivity index (χ3n) is 6.89. The van der Waals surface area contributed by atoms with Gasteiger partial charge in [0.25, 0.3) is 0 Å². The van der Waals surface area contributed by atoms with E-state index in [1.807, 2.05) is 6.92 Å². The van der Waals surface area contributed by atoms with Crippen molar-refractivity contribution in [3.8, 4) is 0 Å². The van der Waals surface area contributed by atoms with Crippen molar-refractivity contribution in [3.05, 3.63) is 48.6 Å². The van der Waals surface area contributed by atoms with Crippen LogP contribution in [-0.2, 0) is 19.1 Å². The van der Waals surface area contributed by atoms with E-state index >= 15 is 0 Å². The Balaban J connectivity index is 3.73. The van der Waals surface area contributed by atoms with Crippen LogP contribution < -0.4 is 0 Å². The molecule has 0 aliphatic heterocycles. The summed E-state index contributed by atoms with van der Waals surface area (Å²) in [7, 11) is 0. The van der Waals surface area contributed by atoms with Gasteiger partial charge in [0.05, 0.1) is 12.7 Å². The van der Waals surface area contributed by atoms with Crippen molar-refractivity contribution in [1.29, 1.82) is 0 Å². The number of rotatable bonds is 29. The molecule has 0 aliphatic rings. The van der Waals surface area contributed by atoms with Gasteiger partial charge in [0.2, 0.25) is 0 Å². The lowest BCUT2D eigenvalue weighted by Gasteiger charge is -2.15. The van der Waals surface area contributed by atoms with Gasteiger partial charge in [-0.15, -0.1) is 0 Å². The first kappa shape index (κ1) is 39.8. The zero-order chi connectivity index (χ0) is 30.9. The summed E-state index contributed by atoms with van der Waals surface area (Å²) in [6.45, 7) is 3.60. The predicted octanol–water partition coefficient (Wildman–Crippen LogP) is 8.86. The zero-order valence-corrected chi connectivity index (χ0v) is 26.9. The van der Waals surface area contributed by atoms with E-state index in [0.717, 1.165) is 64.2 Å². The van der Waals surface area contributed by atoms with Gasteiger partial charge in [-0.3, -0.25) is 9.59 Å². The molecule has 0 bridgehead atoms. The lowest BCUT2D eigenvalue weighted by atomic mass is 10.1. The maximum Gasteiger partial charge on any atom is 0.306 e. The highest BCUT2D eigenvalue weighted by molar-refractivity contribution is 5.70. The second kappa shape index (κ2) is 31.7. The fourth-order valence-electron chi connectivity index (χ4n) is 4.33. The van der Waals surface area contributed by atoms with E-state index in [-0.39, 0.29) is 37.7 Å². The number of hydrogen-bond acceptors (Lipinski definition) is 6. The maximum atomic E-state index is 12.1. The van der Waals surface area contributed by atoms with Crippen LogP contribution >= 0.6 is 0 Å². The average Bonchev–Trinajstić information content (AvgIpc) is 2.97. The quantitative estimate of drug-likeness (QED) is 0.0513. The van der Waals surface area contributed by atoms with E-state index in [1.54, 1.807) is 0 Å². The summed E-state index contributed by atoms with van der Waals surface area (Å²) in [5.74, 6) is -0.679. The summed E-state index contributed by atoms with van der Waals surface area (Å²) in [4.78, 5) is 24.0. The molecule has 42 heavy (non-hydrogen) atoms. The van der Waals surface area contributed by atoms with Crippen LogP contribution in [0.3, 0.4) is 0 Å². The number of unbranched alkanes of at least 4 members (excludes halogenated alkanes) is 11. The standard InChI is InChI=1S/C36H62O6/c1-3-4-5-6-7-8-17-20-23-26-29-35(39)41-32-34(31-37)42-36(40)30-27-24-21-18-15-13-11-9-10-12-14-16-19-22-25-28-33(2)38/h10-13,16,18-19,21,33-34,37-38H,3-9,14-15,17,20,22-32H2,1-2H3/b12-10-,13-11-,19-16-,21-18-/t33-,34-/m0/s1. The molecule has 0 aromatic rings. The first-order chi connectivity index (χ1) is 20.5. The molecule has 0 amide bonds. The third kappa shape index (κ3) is 30.8. The Kier molecular flexibility index (Phi) is 30.1. The Morgan fingerprint density at radius 2 is 1.12 bits per heavy atom. The van der Waals surface area contributed by atoms with Crippen molar-refractivity contribution < 1.29 is 29.3 Å². The molecule has 0 spiro atoms. The average molecular weight is 591 g/mol.